The number of halogens is 2. The van der Waals surface area contributed by atoms with Gasteiger partial charge in [0.2, 0.25) is 0 Å². The highest BCUT2D eigenvalue weighted by Gasteiger charge is 2.42. The molecule has 1 saturated heterocycles. The Labute approximate surface area is 178 Å². The minimum absolute atomic E-state index is 0.0770. The average molecular weight is 441 g/mol. The molecule has 0 bridgehead atoms. The van der Waals surface area contributed by atoms with Gasteiger partial charge in [-0.1, -0.05) is 23.2 Å². The highest BCUT2D eigenvalue weighted by molar-refractivity contribution is 6.43. The average Bonchev–Trinajstić information content (AvgIpc) is 2.89. The van der Waals surface area contributed by atoms with Crippen molar-refractivity contribution in [3.63, 3.8) is 0 Å². The summed E-state index contributed by atoms with van der Waals surface area (Å²) in [6.45, 7) is 4.88. The van der Waals surface area contributed by atoms with E-state index in [1.807, 2.05) is 13.8 Å². The number of hydrogen-bond donors (Lipinski definition) is 0. The Hall–Kier alpha value is -2.12. The molecule has 156 valence electrons. The van der Waals surface area contributed by atoms with Crippen LogP contribution in [0.25, 0.3) is 0 Å². The van der Waals surface area contributed by atoms with Crippen molar-refractivity contribution in [3.8, 4) is 0 Å². The van der Waals surface area contributed by atoms with Crippen LogP contribution in [0.15, 0.2) is 12.1 Å². The number of piperidine rings is 1. The summed E-state index contributed by atoms with van der Waals surface area (Å²) >= 11 is 11.9. The summed E-state index contributed by atoms with van der Waals surface area (Å²) in [5.74, 6) is -2.43. The Morgan fingerprint density at radius 1 is 1.07 bits per heavy atom. The molecule has 29 heavy (non-hydrogen) atoms. The molecule has 2 heterocycles. The number of carbonyl (C=O) groups is 4. The van der Waals surface area contributed by atoms with Crippen LogP contribution in [0.5, 0.6) is 0 Å². The predicted molar refractivity (Wildman–Crippen MR) is 107 cm³/mol. The third kappa shape index (κ3) is 3.98. The van der Waals surface area contributed by atoms with Crippen LogP contribution in [-0.4, -0.2) is 58.2 Å². The largest absolute Gasteiger partial charge is 0.454 e. The van der Waals surface area contributed by atoms with Crippen molar-refractivity contribution < 1.29 is 23.9 Å². The molecular weight excluding hydrogens is 419 g/mol. The van der Waals surface area contributed by atoms with Gasteiger partial charge < -0.3 is 9.64 Å². The first-order valence-electron chi connectivity index (χ1n) is 9.48. The number of hydrogen-bond acceptors (Lipinski definition) is 5. The summed E-state index contributed by atoms with van der Waals surface area (Å²) in [4.78, 5) is 52.7. The Kier molecular flexibility index (Phi) is 6.19. The maximum absolute atomic E-state index is 12.6. The van der Waals surface area contributed by atoms with Gasteiger partial charge in [0.25, 0.3) is 17.7 Å². The predicted octanol–water partition coefficient (Wildman–Crippen LogP) is 3.31. The lowest BCUT2D eigenvalue weighted by Crippen LogP contribution is -2.50. The zero-order valence-electron chi connectivity index (χ0n) is 16.4. The molecule has 7 nitrogen and oxygen atoms in total. The van der Waals surface area contributed by atoms with Crippen molar-refractivity contribution >= 4 is 46.9 Å². The minimum atomic E-state index is -1.19. The summed E-state index contributed by atoms with van der Waals surface area (Å²) in [6, 6.07) is 1.57. The maximum atomic E-state index is 12.6. The number of fused-ring (bicyclic) bond motifs is 1. The number of nitrogens with zero attached hydrogens (tertiary/aromatic N) is 2. The molecule has 3 amide bonds. The van der Waals surface area contributed by atoms with E-state index in [4.69, 9.17) is 27.9 Å². The molecule has 3 atom stereocenters. The van der Waals surface area contributed by atoms with E-state index in [1.54, 1.807) is 4.90 Å². The van der Waals surface area contributed by atoms with Crippen LogP contribution in [0, 0.1) is 0 Å². The quantitative estimate of drug-likeness (QED) is 0.529. The lowest BCUT2D eigenvalue weighted by atomic mass is 9.97. The fraction of sp³-hybridized carbons (Fsp3) is 0.500. The van der Waals surface area contributed by atoms with Crippen molar-refractivity contribution in [1.82, 2.24) is 9.80 Å². The fourth-order valence-corrected chi connectivity index (χ4v) is 4.28. The van der Waals surface area contributed by atoms with E-state index in [0.717, 1.165) is 24.2 Å². The molecule has 1 aromatic rings. The first-order valence-corrected chi connectivity index (χ1v) is 10.2. The van der Waals surface area contributed by atoms with E-state index >= 15 is 0 Å². The normalized spacial score (nSPS) is 22.5. The van der Waals surface area contributed by atoms with Gasteiger partial charge in [0.05, 0.1) is 21.2 Å². The van der Waals surface area contributed by atoms with Crippen molar-refractivity contribution in [2.75, 3.05) is 6.61 Å². The van der Waals surface area contributed by atoms with Crippen LogP contribution >= 0.6 is 23.2 Å². The van der Waals surface area contributed by atoms with Crippen LogP contribution in [-0.2, 0) is 14.3 Å². The number of esters is 1. The Bertz CT molecular complexity index is 837. The first-order chi connectivity index (χ1) is 13.6. The van der Waals surface area contributed by atoms with E-state index < -0.39 is 30.4 Å². The van der Waals surface area contributed by atoms with Crippen LogP contribution in [0.4, 0.5) is 0 Å². The zero-order valence-corrected chi connectivity index (χ0v) is 17.9. The molecule has 1 fully saturated rings. The molecule has 3 rings (SSSR count). The van der Waals surface area contributed by atoms with Crippen LogP contribution in [0.3, 0.4) is 0 Å². The van der Waals surface area contributed by atoms with Crippen molar-refractivity contribution in [2.45, 2.75) is 58.2 Å². The summed E-state index contributed by atoms with van der Waals surface area (Å²) in [5.41, 5.74) is 0.159. The van der Waals surface area contributed by atoms with Gasteiger partial charge in [-0.25, -0.2) is 4.79 Å². The van der Waals surface area contributed by atoms with Gasteiger partial charge in [0.1, 0.15) is 6.04 Å². The number of likely N-dealkylation sites (tertiary alicyclic amines) is 1. The maximum Gasteiger partial charge on any atom is 0.329 e. The van der Waals surface area contributed by atoms with Gasteiger partial charge >= 0.3 is 5.97 Å². The van der Waals surface area contributed by atoms with E-state index in [0.29, 0.717) is 0 Å². The molecule has 2 aliphatic rings. The van der Waals surface area contributed by atoms with Crippen LogP contribution < -0.4 is 0 Å². The zero-order chi connectivity index (χ0) is 21.5. The molecule has 0 spiro atoms. The SMILES string of the molecule is CC(C(=O)OCC(=O)N1C(C)CCCC1C)N1C(=O)c2cc(Cl)c(Cl)cc2C1=O. The number of carbonyl (C=O) groups excluding carboxylic acids is 4. The summed E-state index contributed by atoms with van der Waals surface area (Å²) in [5, 5.41) is 0.276. The standard InChI is InChI=1S/C20H22Cl2N2O5/c1-10-5-4-6-11(2)23(10)17(25)9-29-20(28)12(3)24-18(26)13-7-15(21)16(22)8-14(13)19(24)27/h7-8,10-12H,4-6,9H2,1-3H3. The topological polar surface area (TPSA) is 84.0 Å². The van der Waals surface area contributed by atoms with Gasteiger partial charge in [-0.3, -0.25) is 19.3 Å². The second kappa shape index (κ2) is 8.32. The van der Waals surface area contributed by atoms with Crippen molar-refractivity contribution in [3.05, 3.63) is 33.3 Å². The summed E-state index contributed by atoms with van der Waals surface area (Å²) in [7, 11) is 0. The Balaban J connectivity index is 1.67. The summed E-state index contributed by atoms with van der Waals surface area (Å²) in [6.07, 6.45) is 2.86. The van der Waals surface area contributed by atoms with E-state index in [9.17, 15) is 19.2 Å². The number of amides is 3. The van der Waals surface area contributed by atoms with Gasteiger partial charge in [-0.15, -0.1) is 0 Å². The number of ether oxygens (including phenoxy) is 1. The second-order valence-corrected chi connectivity index (χ2v) is 8.32. The van der Waals surface area contributed by atoms with Crippen LogP contribution in [0.2, 0.25) is 10.0 Å². The number of benzene rings is 1. The lowest BCUT2D eigenvalue weighted by molar-refractivity contribution is -0.157. The lowest BCUT2D eigenvalue weighted by Gasteiger charge is -2.39. The monoisotopic (exact) mass is 440 g/mol. The molecular formula is C20H22Cl2N2O5. The Morgan fingerprint density at radius 3 is 2.03 bits per heavy atom. The van der Waals surface area contributed by atoms with Crippen molar-refractivity contribution in [1.29, 1.82) is 0 Å². The molecule has 9 heteroatoms. The first kappa shape index (κ1) is 21.6. The van der Waals surface area contributed by atoms with Gasteiger partial charge in [-0.05, 0) is 52.2 Å². The highest BCUT2D eigenvalue weighted by Crippen LogP contribution is 2.32. The molecule has 1 aromatic carbocycles. The molecule has 0 radical (unpaired) electrons. The van der Waals surface area contributed by atoms with E-state index in [1.165, 1.54) is 19.1 Å². The molecule has 2 aliphatic heterocycles. The summed E-state index contributed by atoms with van der Waals surface area (Å²) < 4.78 is 5.14. The van der Waals surface area contributed by atoms with Crippen LogP contribution in [0.1, 0.15) is 60.7 Å². The number of imide groups is 1. The Morgan fingerprint density at radius 2 is 1.55 bits per heavy atom. The minimum Gasteiger partial charge on any atom is -0.454 e. The molecule has 0 aromatic heterocycles. The molecule has 0 saturated carbocycles. The fourth-order valence-electron chi connectivity index (χ4n) is 3.95. The van der Waals surface area contributed by atoms with E-state index in [2.05, 4.69) is 0 Å². The van der Waals surface area contributed by atoms with E-state index in [-0.39, 0.29) is 39.2 Å². The van der Waals surface area contributed by atoms with Gasteiger partial charge in [-0.2, -0.15) is 0 Å². The second-order valence-electron chi connectivity index (χ2n) is 7.51. The molecule has 3 unspecified atom stereocenters. The smallest absolute Gasteiger partial charge is 0.329 e. The molecule has 0 N–H and O–H groups in total. The number of rotatable bonds is 4. The van der Waals surface area contributed by atoms with Crippen molar-refractivity contribution in [2.24, 2.45) is 0 Å². The third-order valence-corrected chi connectivity index (χ3v) is 6.23. The van der Waals surface area contributed by atoms with Gasteiger partial charge in [0, 0.05) is 12.1 Å². The highest BCUT2D eigenvalue weighted by atomic mass is 35.5. The van der Waals surface area contributed by atoms with Gasteiger partial charge in [0.15, 0.2) is 6.61 Å². The third-order valence-electron chi connectivity index (χ3n) is 5.51. The molecule has 0 aliphatic carbocycles.